The van der Waals surface area contributed by atoms with E-state index in [2.05, 4.69) is 56.9 Å². The van der Waals surface area contributed by atoms with Gasteiger partial charge in [-0.05, 0) is 30.4 Å². The van der Waals surface area contributed by atoms with Gasteiger partial charge in [0, 0.05) is 43.2 Å². The molecule has 2 nitrogen and oxygen atoms in total. The predicted octanol–water partition coefficient (Wildman–Crippen LogP) is 4.15. The van der Waals surface area contributed by atoms with Crippen LogP contribution in [0.15, 0.2) is 28.7 Å². The molecule has 0 radical (unpaired) electrons. The first-order valence-electron chi connectivity index (χ1n) is 8.42. The molecule has 21 heavy (non-hydrogen) atoms. The van der Waals surface area contributed by atoms with Crippen molar-refractivity contribution in [2.75, 3.05) is 26.2 Å². The minimum absolute atomic E-state index is 0.861. The molecular weight excluding hydrogens is 324 g/mol. The molecule has 0 bridgehead atoms. The predicted molar refractivity (Wildman–Crippen MR) is 92.4 cm³/mol. The van der Waals surface area contributed by atoms with Gasteiger partial charge in [0.25, 0.3) is 0 Å². The van der Waals surface area contributed by atoms with Crippen molar-refractivity contribution in [2.45, 2.75) is 45.2 Å². The van der Waals surface area contributed by atoms with E-state index in [9.17, 15) is 0 Å². The highest BCUT2D eigenvalue weighted by Crippen LogP contribution is 2.28. The first-order valence-corrected chi connectivity index (χ1v) is 9.21. The maximum absolute atomic E-state index is 3.67. The Hall–Kier alpha value is -0.380. The van der Waals surface area contributed by atoms with Gasteiger partial charge in [-0.2, -0.15) is 0 Å². The Labute approximate surface area is 137 Å². The molecule has 1 aromatic rings. The third kappa shape index (κ3) is 4.08. The van der Waals surface area contributed by atoms with Gasteiger partial charge in [-0.1, -0.05) is 53.9 Å². The van der Waals surface area contributed by atoms with Gasteiger partial charge < -0.3 is 0 Å². The Morgan fingerprint density at radius 3 is 2.57 bits per heavy atom. The van der Waals surface area contributed by atoms with E-state index in [-0.39, 0.29) is 0 Å². The maximum Gasteiger partial charge on any atom is 0.0246 e. The Balaban J connectivity index is 1.50. The SMILES string of the molecule is C[C@@H]1CCC[C@@H](N2CCN(Cc3ccccc3Br)CC2)C1. The lowest BCUT2D eigenvalue weighted by Crippen LogP contribution is -2.50. The van der Waals surface area contributed by atoms with E-state index in [0.717, 1.165) is 18.5 Å². The molecule has 2 aliphatic rings. The van der Waals surface area contributed by atoms with Crippen LogP contribution in [0.5, 0.6) is 0 Å². The van der Waals surface area contributed by atoms with Crippen LogP contribution in [-0.4, -0.2) is 42.0 Å². The molecule has 3 heteroatoms. The molecule has 1 saturated heterocycles. The lowest BCUT2D eigenvalue weighted by Gasteiger charge is -2.42. The molecule has 2 atom stereocenters. The highest BCUT2D eigenvalue weighted by molar-refractivity contribution is 9.10. The maximum atomic E-state index is 3.67. The van der Waals surface area contributed by atoms with Crippen molar-refractivity contribution in [1.82, 2.24) is 9.80 Å². The van der Waals surface area contributed by atoms with Crippen LogP contribution in [0.1, 0.15) is 38.2 Å². The minimum atomic E-state index is 0.861. The zero-order valence-electron chi connectivity index (χ0n) is 13.1. The summed E-state index contributed by atoms with van der Waals surface area (Å²) in [4.78, 5) is 5.36. The van der Waals surface area contributed by atoms with E-state index in [0.29, 0.717) is 0 Å². The number of hydrogen-bond acceptors (Lipinski definition) is 2. The number of benzene rings is 1. The van der Waals surface area contributed by atoms with Gasteiger partial charge in [0.05, 0.1) is 0 Å². The Kier molecular flexibility index (Phi) is 5.36. The Bertz CT molecular complexity index is 454. The monoisotopic (exact) mass is 350 g/mol. The van der Waals surface area contributed by atoms with Crippen LogP contribution in [0.25, 0.3) is 0 Å². The molecule has 1 heterocycles. The minimum Gasteiger partial charge on any atom is -0.298 e. The summed E-state index contributed by atoms with van der Waals surface area (Å²) in [5.74, 6) is 0.932. The standard InChI is InChI=1S/C18H27BrN2/c1-15-5-4-7-17(13-15)21-11-9-20(10-12-21)14-16-6-2-3-8-18(16)19/h2-3,6,8,15,17H,4-5,7,9-14H2,1H3/t15-,17-/m1/s1. The molecule has 0 unspecified atom stereocenters. The van der Waals surface area contributed by atoms with Crippen LogP contribution in [0.2, 0.25) is 0 Å². The molecule has 2 fully saturated rings. The lowest BCUT2D eigenvalue weighted by atomic mass is 9.86. The molecule has 0 N–H and O–H groups in total. The molecule has 3 rings (SSSR count). The van der Waals surface area contributed by atoms with Gasteiger partial charge in [0.1, 0.15) is 0 Å². The molecule has 0 amide bonds. The zero-order chi connectivity index (χ0) is 14.7. The largest absolute Gasteiger partial charge is 0.298 e. The zero-order valence-corrected chi connectivity index (χ0v) is 14.7. The number of halogens is 1. The molecule has 0 aromatic heterocycles. The number of hydrogen-bond donors (Lipinski definition) is 0. The van der Waals surface area contributed by atoms with Gasteiger partial charge in [-0.25, -0.2) is 0 Å². The smallest absolute Gasteiger partial charge is 0.0246 e. The van der Waals surface area contributed by atoms with Gasteiger partial charge in [0.15, 0.2) is 0 Å². The molecule has 1 saturated carbocycles. The summed E-state index contributed by atoms with van der Waals surface area (Å²) in [6, 6.07) is 9.48. The van der Waals surface area contributed by atoms with Gasteiger partial charge >= 0.3 is 0 Å². The van der Waals surface area contributed by atoms with Crippen molar-refractivity contribution < 1.29 is 0 Å². The van der Waals surface area contributed by atoms with Crippen LogP contribution in [0, 0.1) is 5.92 Å². The summed E-state index contributed by atoms with van der Waals surface area (Å²) in [7, 11) is 0. The fourth-order valence-corrected chi connectivity index (χ4v) is 4.30. The van der Waals surface area contributed by atoms with Crippen LogP contribution in [0.4, 0.5) is 0 Å². The summed E-state index contributed by atoms with van der Waals surface area (Å²) in [6.45, 7) is 8.44. The van der Waals surface area contributed by atoms with Crippen molar-refractivity contribution in [3.8, 4) is 0 Å². The molecule has 1 aliphatic carbocycles. The van der Waals surface area contributed by atoms with Crippen molar-refractivity contribution in [2.24, 2.45) is 5.92 Å². The lowest BCUT2D eigenvalue weighted by molar-refractivity contribution is 0.0658. The first-order chi connectivity index (χ1) is 10.2. The van der Waals surface area contributed by atoms with Crippen LogP contribution >= 0.6 is 15.9 Å². The quantitative estimate of drug-likeness (QED) is 0.807. The second-order valence-corrected chi connectivity index (χ2v) is 7.68. The van der Waals surface area contributed by atoms with Crippen LogP contribution in [-0.2, 0) is 6.54 Å². The summed E-state index contributed by atoms with van der Waals surface area (Å²) in [5, 5.41) is 0. The molecule has 1 aliphatic heterocycles. The second kappa shape index (κ2) is 7.26. The molecule has 0 spiro atoms. The normalized spacial score (nSPS) is 28.7. The Morgan fingerprint density at radius 1 is 1.10 bits per heavy atom. The highest BCUT2D eigenvalue weighted by Gasteiger charge is 2.27. The van der Waals surface area contributed by atoms with Crippen molar-refractivity contribution in [3.05, 3.63) is 34.3 Å². The average molecular weight is 351 g/mol. The van der Waals surface area contributed by atoms with Crippen molar-refractivity contribution in [1.29, 1.82) is 0 Å². The summed E-state index contributed by atoms with van der Waals surface area (Å²) >= 11 is 3.67. The fourth-order valence-electron chi connectivity index (χ4n) is 3.89. The van der Waals surface area contributed by atoms with Crippen molar-refractivity contribution >= 4 is 15.9 Å². The number of nitrogens with zero attached hydrogens (tertiary/aromatic N) is 2. The number of rotatable bonds is 3. The van der Waals surface area contributed by atoms with E-state index in [1.165, 1.54) is 61.9 Å². The summed E-state index contributed by atoms with van der Waals surface area (Å²) in [5.41, 5.74) is 1.41. The topological polar surface area (TPSA) is 6.48 Å². The van der Waals surface area contributed by atoms with Gasteiger partial charge in [-0.15, -0.1) is 0 Å². The summed E-state index contributed by atoms with van der Waals surface area (Å²) < 4.78 is 1.24. The van der Waals surface area contributed by atoms with E-state index in [1.807, 2.05) is 0 Å². The van der Waals surface area contributed by atoms with E-state index >= 15 is 0 Å². The van der Waals surface area contributed by atoms with E-state index < -0.39 is 0 Å². The van der Waals surface area contributed by atoms with Gasteiger partial charge in [0.2, 0.25) is 0 Å². The van der Waals surface area contributed by atoms with Gasteiger partial charge in [-0.3, -0.25) is 9.80 Å². The van der Waals surface area contributed by atoms with E-state index in [4.69, 9.17) is 0 Å². The molecule has 1 aromatic carbocycles. The Morgan fingerprint density at radius 2 is 1.86 bits per heavy atom. The van der Waals surface area contributed by atoms with E-state index in [1.54, 1.807) is 0 Å². The molecular formula is C18H27BrN2. The summed E-state index contributed by atoms with van der Waals surface area (Å²) in [6.07, 6.45) is 5.72. The first kappa shape index (κ1) is 15.5. The third-order valence-electron chi connectivity index (χ3n) is 5.18. The third-order valence-corrected chi connectivity index (χ3v) is 5.96. The van der Waals surface area contributed by atoms with Crippen LogP contribution in [0.3, 0.4) is 0 Å². The molecule has 116 valence electrons. The van der Waals surface area contributed by atoms with Crippen LogP contribution < -0.4 is 0 Å². The average Bonchev–Trinajstić information content (AvgIpc) is 2.50. The second-order valence-electron chi connectivity index (χ2n) is 6.83. The highest BCUT2D eigenvalue weighted by atomic mass is 79.9. The van der Waals surface area contributed by atoms with Crippen molar-refractivity contribution in [3.63, 3.8) is 0 Å². The number of piperazine rings is 1. The fraction of sp³-hybridized carbons (Fsp3) is 0.667.